The number of nitriles is 1. The van der Waals surface area contributed by atoms with E-state index in [1.807, 2.05) is 0 Å². The summed E-state index contributed by atoms with van der Waals surface area (Å²) in [6.45, 7) is 3.16. The molecule has 100 valence electrons. The fourth-order valence-corrected chi connectivity index (χ4v) is 1.44. The highest BCUT2D eigenvalue weighted by molar-refractivity contribution is 5.85. The van der Waals surface area contributed by atoms with Gasteiger partial charge in [-0.3, -0.25) is 0 Å². The van der Waals surface area contributed by atoms with Gasteiger partial charge < -0.3 is 15.9 Å². The summed E-state index contributed by atoms with van der Waals surface area (Å²) < 4.78 is 13.4. The molecule has 0 unspecified atom stereocenters. The first-order valence-electron chi connectivity index (χ1n) is 5.12. The van der Waals surface area contributed by atoms with Crippen LogP contribution in [0.3, 0.4) is 0 Å². The molecule has 0 aromatic heterocycles. The van der Waals surface area contributed by atoms with Crippen molar-refractivity contribution in [2.75, 3.05) is 6.61 Å². The largest absolute Gasteiger partial charge is 0.505 e. The Kier molecular flexibility index (Phi) is 5.55. The molecule has 4 N–H and O–H groups in total. The van der Waals surface area contributed by atoms with Crippen LogP contribution in [-0.2, 0) is 0 Å². The van der Waals surface area contributed by atoms with E-state index in [9.17, 15) is 14.6 Å². The molecule has 0 saturated heterocycles. The van der Waals surface area contributed by atoms with Gasteiger partial charge in [0.2, 0.25) is 0 Å². The molecule has 1 aromatic rings. The van der Waals surface area contributed by atoms with E-state index >= 15 is 0 Å². The fourth-order valence-electron chi connectivity index (χ4n) is 1.44. The summed E-state index contributed by atoms with van der Waals surface area (Å²) in [4.78, 5) is 0. The molecule has 0 heterocycles. The van der Waals surface area contributed by atoms with Crippen molar-refractivity contribution in [3.8, 4) is 11.8 Å². The summed E-state index contributed by atoms with van der Waals surface area (Å²) >= 11 is 0. The zero-order valence-corrected chi connectivity index (χ0v) is 11.0. The van der Waals surface area contributed by atoms with Crippen LogP contribution in [0.1, 0.15) is 31.0 Å². The monoisotopic (exact) mass is 274 g/mol. The number of phenols is 1. The molecule has 6 heteroatoms. The van der Waals surface area contributed by atoms with Crippen molar-refractivity contribution in [2.45, 2.75) is 19.9 Å². The first kappa shape index (κ1) is 16.6. The Morgan fingerprint density at radius 1 is 1.50 bits per heavy atom. The Morgan fingerprint density at radius 3 is 2.50 bits per heavy atom. The van der Waals surface area contributed by atoms with Gasteiger partial charge in [-0.2, -0.15) is 5.26 Å². The van der Waals surface area contributed by atoms with Crippen LogP contribution in [0.25, 0.3) is 0 Å². The van der Waals surface area contributed by atoms with E-state index in [-0.39, 0.29) is 30.1 Å². The molecule has 1 atom stereocenters. The number of hydrogen-bond acceptors (Lipinski definition) is 4. The summed E-state index contributed by atoms with van der Waals surface area (Å²) in [6.07, 6.45) is 0. The van der Waals surface area contributed by atoms with Crippen LogP contribution >= 0.6 is 12.4 Å². The number of phenolic OH excluding ortho intramolecular Hbond substituents is 1. The smallest absolute Gasteiger partial charge is 0.166 e. The van der Waals surface area contributed by atoms with Crippen molar-refractivity contribution in [2.24, 2.45) is 11.1 Å². The minimum Gasteiger partial charge on any atom is -0.505 e. The molecule has 0 aliphatic rings. The number of hydrogen-bond donors (Lipinski definition) is 3. The first-order valence-corrected chi connectivity index (χ1v) is 5.12. The fraction of sp³-hybridized carbons (Fsp3) is 0.417. The third-order valence-corrected chi connectivity index (χ3v) is 2.81. The van der Waals surface area contributed by atoms with E-state index in [0.29, 0.717) is 0 Å². The van der Waals surface area contributed by atoms with E-state index in [1.54, 1.807) is 19.9 Å². The summed E-state index contributed by atoms with van der Waals surface area (Å²) in [5, 5.41) is 27.5. The minimum absolute atomic E-state index is 0. The van der Waals surface area contributed by atoms with E-state index in [4.69, 9.17) is 11.0 Å². The van der Waals surface area contributed by atoms with Crippen LogP contribution in [-0.4, -0.2) is 16.8 Å². The number of aliphatic hydroxyl groups is 1. The molecule has 0 aliphatic heterocycles. The Balaban J connectivity index is 0.00000289. The predicted octanol–water partition coefficient (Wildman–Crippen LogP) is 1.84. The SMILES string of the molecule is CC(C)(CO)[C@@H](N)c1cc(C#N)cc(F)c1O.Cl. The summed E-state index contributed by atoms with van der Waals surface area (Å²) in [7, 11) is 0. The van der Waals surface area contributed by atoms with Crippen LogP contribution in [0.2, 0.25) is 0 Å². The molecule has 0 aliphatic carbocycles. The van der Waals surface area contributed by atoms with Gasteiger partial charge in [0.05, 0.1) is 11.6 Å². The molecule has 0 spiro atoms. The van der Waals surface area contributed by atoms with Gasteiger partial charge in [-0.05, 0) is 12.1 Å². The maximum Gasteiger partial charge on any atom is 0.166 e. The van der Waals surface area contributed by atoms with Crippen molar-refractivity contribution >= 4 is 12.4 Å². The van der Waals surface area contributed by atoms with Crippen molar-refractivity contribution in [1.29, 1.82) is 5.26 Å². The standard InChI is InChI=1S/C12H15FN2O2.ClH/c1-12(2,6-16)11(15)8-3-7(5-14)4-9(13)10(8)17;/h3-4,11,16-17H,6,15H2,1-2H3;1H/t11-;/m0./s1. The van der Waals surface area contributed by atoms with Gasteiger partial charge in [0.25, 0.3) is 0 Å². The van der Waals surface area contributed by atoms with Gasteiger partial charge in [0.15, 0.2) is 11.6 Å². The number of rotatable bonds is 3. The quantitative estimate of drug-likeness (QED) is 0.784. The number of nitrogens with two attached hydrogens (primary N) is 1. The van der Waals surface area contributed by atoms with Crippen LogP contribution in [0.4, 0.5) is 4.39 Å². The molecular weight excluding hydrogens is 259 g/mol. The van der Waals surface area contributed by atoms with Crippen LogP contribution in [0.5, 0.6) is 5.75 Å². The number of aromatic hydroxyl groups is 1. The van der Waals surface area contributed by atoms with Gasteiger partial charge in [-0.15, -0.1) is 12.4 Å². The van der Waals surface area contributed by atoms with Crippen LogP contribution in [0.15, 0.2) is 12.1 Å². The molecule has 1 aromatic carbocycles. The number of nitrogens with zero attached hydrogens (tertiary/aromatic N) is 1. The number of halogens is 2. The second kappa shape index (κ2) is 6.01. The third kappa shape index (κ3) is 3.10. The maximum absolute atomic E-state index is 13.4. The van der Waals surface area contributed by atoms with Gasteiger partial charge in [0, 0.05) is 23.6 Å². The van der Waals surface area contributed by atoms with Gasteiger partial charge >= 0.3 is 0 Å². The molecule has 1 rings (SSSR count). The molecular formula is C12H16ClFN2O2. The lowest BCUT2D eigenvalue weighted by Gasteiger charge is -2.30. The second-order valence-corrected chi connectivity index (χ2v) is 4.63. The lowest BCUT2D eigenvalue weighted by Crippen LogP contribution is -2.32. The van der Waals surface area contributed by atoms with E-state index in [1.165, 1.54) is 6.07 Å². The Morgan fingerprint density at radius 2 is 2.06 bits per heavy atom. The highest BCUT2D eigenvalue weighted by Crippen LogP contribution is 2.36. The number of aliphatic hydroxyl groups excluding tert-OH is 1. The molecule has 0 saturated carbocycles. The van der Waals surface area contributed by atoms with Crippen LogP contribution in [0, 0.1) is 22.6 Å². The van der Waals surface area contributed by atoms with E-state index < -0.39 is 23.0 Å². The van der Waals surface area contributed by atoms with Crippen molar-refractivity contribution in [3.63, 3.8) is 0 Å². The average molecular weight is 275 g/mol. The molecule has 4 nitrogen and oxygen atoms in total. The summed E-state index contributed by atoms with van der Waals surface area (Å²) in [5.41, 5.74) is 5.36. The minimum atomic E-state index is -0.886. The molecule has 0 radical (unpaired) electrons. The van der Waals surface area contributed by atoms with Crippen molar-refractivity contribution < 1.29 is 14.6 Å². The molecule has 18 heavy (non-hydrogen) atoms. The first-order chi connectivity index (χ1) is 7.83. The zero-order chi connectivity index (χ0) is 13.2. The highest BCUT2D eigenvalue weighted by atomic mass is 35.5. The second-order valence-electron chi connectivity index (χ2n) is 4.63. The van der Waals surface area contributed by atoms with Crippen molar-refractivity contribution in [1.82, 2.24) is 0 Å². The third-order valence-electron chi connectivity index (χ3n) is 2.81. The molecule has 0 bridgehead atoms. The molecule has 0 amide bonds. The van der Waals surface area contributed by atoms with E-state index in [0.717, 1.165) is 6.07 Å². The average Bonchev–Trinajstić information content (AvgIpc) is 2.31. The van der Waals surface area contributed by atoms with E-state index in [2.05, 4.69) is 0 Å². The highest BCUT2D eigenvalue weighted by Gasteiger charge is 2.30. The topological polar surface area (TPSA) is 90.3 Å². The summed E-state index contributed by atoms with van der Waals surface area (Å²) in [5.74, 6) is -1.46. The Bertz CT molecular complexity index is 472. The maximum atomic E-state index is 13.4. The lowest BCUT2D eigenvalue weighted by atomic mass is 9.81. The van der Waals surface area contributed by atoms with Gasteiger partial charge in [-0.1, -0.05) is 13.8 Å². The number of benzene rings is 1. The Hall–Kier alpha value is -1.35. The van der Waals surface area contributed by atoms with Crippen molar-refractivity contribution in [3.05, 3.63) is 29.1 Å². The Labute approximate surface area is 111 Å². The van der Waals surface area contributed by atoms with Gasteiger partial charge in [0.1, 0.15) is 0 Å². The zero-order valence-electron chi connectivity index (χ0n) is 10.1. The summed E-state index contributed by atoms with van der Waals surface area (Å²) in [6, 6.07) is 3.30. The molecule has 0 fully saturated rings. The normalized spacial score (nSPS) is 12.4. The predicted molar refractivity (Wildman–Crippen MR) is 67.8 cm³/mol. The van der Waals surface area contributed by atoms with Crippen LogP contribution < -0.4 is 5.73 Å². The van der Waals surface area contributed by atoms with Gasteiger partial charge in [-0.25, -0.2) is 4.39 Å². The lowest BCUT2D eigenvalue weighted by molar-refractivity contribution is 0.131.